The molecule has 1 radical (unpaired) electrons. The van der Waals surface area contributed by atoms with E-state index >= 15 is 0 Å². The summed E-state index contributed by atoms with van der Waals surface area (Å²) in [7, 11) is 0. The van der Waals surface area contributed by atoms with E-state index < -0.39 is 0 Å². The van der Waals surface area contributed by atoms with Gasteiger partial charge in [0.05, 0.1) is 0 Å². The lowest BCUT2D eigenvalue weighted by Crippen LogP contribution is -2.40. The first-order valence-electron chi connectivity index (χ1n) is 7.70. The van der Waals surface area contributed by atoms with Crippen molar-refractivity contribution in [3.63, 3.8) is 0 Å². The van der Waals surface area contributed by atoms with Gasteiger partial charge in [-0.15, -0.1) is 0 Å². The Morgan fingerprint density at radius 3 is 2.83 bits per heavy atom. The van der Waals surface area contributed by atoms with Crippen LogP contribution in [0.1, 0.15) is 27.4 Å². The van der Waals surface area contributed by atoms with E-state index in [9.17, 15) is 14.3 Å². The maximum Gasteiger partial charge on any atom is 0.167 e. The Bertz CT molecular complexity index is 729. The van der Waals surface area contributed by atoms with Gasteiger partial charge in [-0.05, 0) is 55.1 Å². The van der Waals surface area contributed by atoms with E-state index in [4.69, 9.17) is 0 Å². The molecule has 0 aliphatic carbocycles. The summed E-state index contributed by atoms with van der Waals surface area (Å²) in [6.07, 6.45) is 2.02. The average Bonchev–Trinajstić information content (AvgIpc) is 2.57. The molecule has 1 aliphatic rings. The Hall–Kier alpha value is -2.20. The molecule has 3 nitrogen and oxygen atoms in total. The van der Waals surface area contributed by atoms with Crippen LogP contribution in [0.3, 0.4) is 0 Å². The number of Topliss-reactive ketones (excluding diaryl/α,β-unsaturated/α-hetero) is 1. The van der Waals surface area contributed by atoms with Crippen molar-refractivity contribution in [3.8, 4) is 5.75 Å². The van der Waals surface area contributed by atoms with Gasteiger partial charge >= 0.3 is 0 Å². The van der Waals surface area contributed by atoms with Crippen molar-refractivity contribution in [2.45, 2.75) is 12.8 Å². The number of carbonyl (C=O) groups is 1. The zero-order valence-corrected chi connectivity index (χ0v) is 12.9. The molecule has 0 amide bonds. The molecule has 0 bridgehead atoms. The smallest absolute Gasteiger partial charge is 0.167 e. The number of hydrogen-bond acceptors (Lipinski definition) is 3. The first kappa shape index (κ1) is 15.7. The number of ketones is 1. The van der Waals surface area contributed by atoms with Crippen molar-refractivity contribution in [3.05, 3.63) is 71.4 Å². The van der Waals surface area contributed by atoms with Crippen LogP contribution in [0.25, 0.3) is 0 Å². The highest BCUT2D eigenvalue weighted by atomic mass is 19.1. The molecule has 0 saturated carbocycles. The van der Waals surface area contributed by atoms with Crippen LogP contribution >= 0.6 is 0 Å². The summed E-state index contributed by atoms with van der Waals surface area (Å²) in [5, 5.41) is 12.8. The van der Waals surface area contributed by atoms with Crippen molar-refractivity contribution >= 4 is 5.78 Å². The third-order valence-electron chi connectivity index (χ3n) is 4.45. The quantitative estimate of drug-likeness (QED) is 0.856. The Morgan fingerprint density at radius 1 is 1.26 bits per heavy atom. The minimum Gasteiger partial charge on any atom is -0.508 e. The van der Waals surface area contributed by atoms with Gasteiger partial charge in [-0.3, -0.25) is 4.79 Å². The third kappa shape index (κ3) is 3.13. The van der Waals surface area contributed by atoms with Crippen LogP contribution in [-0.2, 0) is 0 Å². The van der Waals surface area contributed by atoms with Gasteiger partial charge in [0.2, 0.25) is 0 Å². The van der Waals surface area contributed by atoms with Crippen LogP contribution in [0.15, 0.2) is 42.5 Å². The molecule has 3 rings (SSSR count). The van der Waals surface area contributed by atoms with E-state index in [1.165, 1.54) is 18.2 Å². The Kier molecular flexibility index (Phi) is 4.44. The lowest BCUT2D eigenvalue weighted by molar-refractivity contribution is 0.0895. The van der Waals surface area contributed by atoms with Crippen molar-refractivity contribution in [1.82, 2.24) is 5.32 Å². The van der Waals surface area contributed by atoms with Crippen molar-refractivity contribution in [2.75, 3.05) is 13.1 Å². The highest BCUT2D eigenvalue weighted by Gasteiger charge is 2.33. The standard InChI is InChI=1S/C19H19FNO2/c1-12-15(6-3-7-18(12)20)16-8-9-21-11-17(16)19(23)13-4-2-5-14(22)10-13/h2-8,10,16-17,21-22H,9,11H2,1H3/t16-,17-/m0/s1. The van der Waals surface area contributed by atoms with Gasteiger partial charge in [-0.1, -0.05) is 24.3 Å². The number of carbonyl (C=O) groups excluding carboxylic acids is 1. The second kappa shape index (κ2) is 6.50. The van der Waals surface area contributed by atoms with Gasteiger partial charge in [0, 0.05) is 18.0 Å². The van der Waals surface area contributed by atoms with Crippen molar-refractivity contribution in [2.24, 2.45) is 5.92 Å². The van der Waals surface area contributed by atoms with Crippen molar-refractivity contribution in [1.29, 1.82) is 0 Å². The van der Waals surface area contributed by atoms with E-state index in [2.05, 4.69) is 5.32 Å². The Morgan fingerprint density at radius 2 is 2.04 bits per heavy atom. The molecule has 23 heavy (non-hydrogen) atoms. The van der Waals surface area contributed by atoms with E-state index in [0.717, 1.165) is 5.56 Å². The number of phenols is 1. The monoisotopic (exact) mass is 312 g/mol. The summed E-state index contributed by atoms with van der Waals surface area (Å²) in [4.78, 5) is 12.9. The maximum absolute atomic E-state index is 13.9. The van der Waals surface area contributed by atoms with E-state index in [1.54, 1.807) is 25.1 Å². The van der Waals surface area contributed by atoms with E-state index in [1.807, 2.05) is 12.5 Å². The molecular formula is C19H19FNO2. The van der Waals surface area contributed by atoms with Crippen LogP contribution < -0.4 is 5.32 Å². The predicted octanol–water partition coefficient (Wildman–Crippen LogP) is 3.23. The number of nitrogens with one attached hydrogen (secondary N) is 1. The normalized spacial score (nSPS) is 21.1. The van der Waals surface area contributed by atoms with E-state index in [0.29, 0.717) is 24.2 Å². The van der Waals surface area contributed by atoms with E-state index in [-0.39, 0.29) is 29.2 Å². The third-order valence-corrected chi connectivity index (χ3v) is 4.45. The fraction of sp³-hybridized carbons (Fsp3) is 0.263. The highest BCUT2D eigenvalue weighted by Crippen LogP contribution is 2.34. The Balaban J connectivity index is 1.96. The van der Waals surface area contributed by atoms with Gasteiger partial charge in [-0.25, -0.2) is 4.39 Å². The lowest BCUT2D eigenvalue weighted by Gasteiger charge is -2.32. The SMILES string of the molecule is Cc1c(F)cccc1[C@@H]1[CH]CNC[C@@H]1C(=O)c1cccc(O)c1. The summed E-state index contributed by atoms with van der Waals surface area (Å²) in [6.45, 7) is 2.96. The first-order chi connectivity index (χ1) is 11.1. The Labute approximate surface area is 135 Å². The first-order valence-corrected chi connectivity index (χ1v) is 7.70. The van der Waals surface area contributed by atoms with Gasteiger partial charge in [0.25, 0.3) is 0 Å². The number of halogens is 1. The largest absolute Gasteiger partial charge is 0.508 e. The van der Waals surface area contributed by atoms with Crippen molar-refractivity contribution < 1.29 is 14.3 Å². The molecule has 2 aromatic rings. The van der Waals surface area contributed by atoms with Gasteiger partial charge < -0.3 is 10.4 Å². The molecule has 2 atom stereocenters. The highest BCUT2D eigenvalue weighted by molar-refractivity contribution is 5.99. The maximum atomic E-state index is 13.9. The second-order valence-corrected chi connectivity index (χ2v) is 5.89. The summed E-state index contributed by atoms with van der Waals surface area (Å²) < 4.78 is 13.9. The topological polar surface area (TPSA) is 49.3 Å². The van der Waals surface area contributed by atoms with Crippen LogP contribution in [0, 0.1) is 25.1 Å². The minimum atomic E-state index is -0.314. The number of phenolic OH excluding ortho intramolecular Hbond substituents is 1. The summed E-state index contributed by atoms with van der Waals surface area (Å²) >= 11 is 0. The molecule has 0 spiro atoms. The fourth-order valence-corrected chi connectivity index (χ4v) is 3.20. The average molecular weight is 312 g/mol. The van der Waals surface area contributed by atoms with Gasteiger partial charge in [0.1, 0.15) is 11.6 Å². The molecular weight excluding hydrogens is 293 g/mol. The van der Waals surface area contributed by atoms with Crippen LogP contribution in [-0.4, -0.2) is 24.0 Å². The molecule has 0 unspecified atom stereocenters. The summed E-state index contributed by atoms with van der Waals surface area (Å²) in [6, 6.07) is 11.4. The van der Waals surface area contributed by atoms with Crippen LogP contribution in [0.5, 0.6) is 5.75 Å². The predicted molar refractivity (Wildman–Crippen MR) is 87.0 cm³/mol. The number of aromatic hydroxyl groups is 1. The zero-order chi connectivity index (χ0) is 16.4. The molecule has 1 saturated heterocycles. The summed E-state index contributed by atoms with van der Waals surface area (Å²) in [5.41, 5.74) is 1.92. The fourth-order valence-electron chi connectivity index (χ4n) is 3.20. The molecule has 2 aromatic carbocycles. The number of rotatable bonds is 3. The molecule has 2 N–H and O–H groups in total. The number of benzene rings is 2. The number of piperidine rings is 1. The minimum absolute atomic E-state index is 0.0435. The number of hydrogen-bond donors (Lipinski definition) is 2. The summed E-state index contributed by atoms with van der Waals surface area (Å²) in [5.74, 6) is -0.675. The molecule has 1 aliphatic heterocycles. The molecule has 4 heteroatoms. The van der Waals surface area contributed by atoms with Crippen LogP contribution in [0.2, 0.25) is 0 Å². The second-order valence-electron chi connectivity index (χ2n) is 5.89. The zero-order valence-electron chi connectivity index (χ0n) is 12.9. The molecule has 119 valence electrons. The lowest BCUT2D eigenvalue weighted by atomic mass is 9.76. The van der Waals surface area contributed by atoms with Gasteiger partial charge in [0.15, 0.2) is 5.78 Å². The molecule has 1 fully saturated rings. The molecule has 0 aromatic heterocycles. The van der Waals surface area contributed by atoms with Crippen LogP contribution in [0.4, 0.5) is 4.39 Å². The molecule has 1 heterocycles. The van der Waals surface area contributed by atoms with Gasteiger partial charge in [-0.2, -0.15) is 0 Å².